The second-order valence-electron chi connectivity index (χ2n) is 13.7. The molecule has 2 heterocycles. The minimum Gasteiger partial charge on any atom is -0.439 e. The highest BCUT2D eigenvalue weighted by atomic mass is 28.4. The van der Waals surface area contributed by atoms with Gasteiger partial charge in [0.05, 0.1) is 17.7 Å². The van der Waals surface area contributed by atoms with Crippen LogP contribution >= 0.6 is 0 Å². The number of hydrogen-bond acceptors (Lipinski definition) is 6. The Hall–Kier alpha value is -1.74. The summed E-state index contributed by atoms with van der Waals surface area (Å²) in [5.41, 5.74) is 0.382. The van der Waals surface area contributed by atoms with Gasteiger partial charge in [-0.25, -0.2) is 9.69 Å². The fraction of sp³-hybridized carbons (Fsp3) is 0.742. The van der Waals surface area contributed by atoms with Gasteiger partial charge >= 0.3 is 6.09 Å². The van der Waals surface area contributed by atoms with Crippen LogP contribution < -0.4 is 0 Å². The van der Waals surface area contributed by atoms with E-state index < -0.39 is 31.9 Å². The summed E-state index contributed by atoms with van der Waals surface area (Å²) in [4.78, 5) is 27.1. The number of nitrogens with zero attached hydrogens (tertiary/aromatic N) is 1. The fourth-order valence-electron chi connectivity index (χ4n) is 5.41. The van der Waals surface area contributed by atoms with Crippen molar-refractivity contribution in [1.82, 2.24) is 4.90 Å². The van der Waals surface area contributed by atoms with Crippen molar-refractivity contribution < 1.29 is 28.2 Å². The molecule has 0 radical (unpaired) electrons. The second-order valence-corrected chi connectivity index (χ2v) is 18.6. The van der Waals surface area contributed by atoms with Gasteiger partial charge < -0.3 is 18.6 Å². The summed E-state index contributed by atoms with van der Waals surface area (Å²) in [6.07, 6.45) is 2.25. The number of carbonyl (C=O) groups is 2. The Morgan fingerprint density at radius 2 is 1.79 bits per heavy atom. The van der Waals surface area contributed by atoms with Gasteiger partial charge in [0.15, 0.2) is 14.1 Å². The standard InChI is InChI=1S/C31H51NO6Si/c1-22(21-35-39(9,10)29(3,4)5)15-14-20-31(8)25(37-30(6,7)38-31)18-19-26(33)32-23(2)27(36-28(32)34)24-16-12-11-13-17-24/h11-13,16-17,22-23,25,27H,14-15,18-21H2,1-10H3/t22-,23-,25+,27-,31+/m0/s1. The summed E-state index contributed by atoms with van der Waals surface area (Å²) in [7, 11) is -1.76. The molecule has 0 aromatic heterocycles. The Morgan fingerprint density at radius 3 is 2.41 bits per heavy atom. The molecule has 0 spiro atoms. The molecule has 220 valence electrons. The van der Waals surface area contributed by atoms with E-state index in [1.54, 1.807) is 0 Å². The molecule has 1 aromatic carbocycles. The van der Waals surface area contributed by atoms with E-state index in [4.69, 9.17) is 18.6 Å². The van der Waals surface area contributed by atoms with Gasteiger partial charge in [0, 0.05) is 13.0 Å². The monoisotopic (exact) mass is 561 g/mol. The molecule has 2 aliphatic rings. The predicted molar refractivity (Wildman–Crippen MR) is 156 cm³/mol. The molecule has 0 bridgehead atoms. The molecule has 2 aliphatic heterocycles. The number of imide groups is 1. The lowest BCUT2D eigenvalue weighted by Gasteiger charge is -2.37. The van der Waals surface area contributed by atoms with E-state index in [0.29, 0.717) is 12.3 Å². The third kappa shape index (κ3) is 7.72. The first-order valence-electron chi connectivity index (χ1n) is 14.6. The number of amides is 2. The summed E-state index contributed by atoms with van der Waals surface area (Å²) in [6.45, 7) is 22.2. The Kier molecular flexibility index (Phi) is 9.79. The lowest BCUT2D eigenvalue weighted by Crippen LogP contribution is -2.42. The van der Waals surface area contributed by atoms with Crippen LogP contribution in [0.2, 0.25) is 18.1 Å². The molecule has 1 aromatic rings. The summed E-state index contributed by atoms with van der Waals surface area (Å²) in [6, 6.07) is 9.19. The highest BCUT2D eigenvalue weighted by molar-refractivity contribution is 6.74. The molecule has 2 fully saturated rings. The molecular formula is C31H51NO6Si. The fourth-order valence-corrected chi connectivity index (χ4v) is 6.54. The minimum atomic E-state index is -1.76. The molecule has 39 heavy (non-hydrogen) atoms. The van der Waals surface area contributed by atoms with Crippen LogP contribution in [0.5, 0.6) is 0 Å². The lowest BCUT2D eigenvalue weighted by molar-refractivity contribution is -0.162. The Balaban J connectivity index is 1.54. The molecule has 2 saturated heterocycles. The summed E-state index contributed by atoms with van der Waals surface area (Å²) < 4.78 is 24.7. The first-order valence-corrected chi connectivity index (χ1v) is 17.5. The smallest absolute Gasteiger partial charge is 0.417 e. The van der Waals surface area contributed by atoms with Crippen LogP contribution in [0.1, 0.15) is 99.2 Å². The number of hydrogen-bond donors (Lipinski definition) is 0. The number of benzene rings is 1. The molecule has 0 saturated carbocycles. The van der Waals surface area contributed by atoms with E-state index in [9.17, 15) is 9.59 Å². The quantitative estimate of drug-likeness (QED) is 0.259. The number of ether oxygens (including phenoxy) is 3. The molecule has 0 aliphatic carbocycles. The van der Waals surface area contributed by atoms with Gasteiger partial charge in [0.2, 0.25) is 5.91 Å². The van der Waals surface area contributed by atoms with Crippen molar-refractivity contribution in [2.75, 3.05) is 6.61 Å². The highest BCUT2D eigenvalue weighted by Crippen LogP contribution is 2.42. The summed E-state index contributed by atoms with van der Waals surface area (Å²) in [5, 5.41) is 0.206. The third-order valence-corrected chi connectivity index (χ3v) is 13.3. The summed E-state index contributed by atoms with van der Waals surface area (Å²) in [5.74, 6) is -0.506. The molecule has 0 unspecified atom stereocenters. The normalized spacial score (nSPS) is 28.0. The first-order chi connectivity index (χ1) is 18.0. The van der Waals surface area contributed by atoms with E-state index in [-0.39, 0.29) is 29.5 Å². The van der Waals surface area contributed by atoms with Crippen molar-refractivity contribution >= 4 is 20.3 Å². The van der Waals surface area contributed by atoms with Crippen LogP contribution in [0.25, 0.3) is 0 Å². The predicted octanol–water partition coefficient (Wildman–Crippen LogP) is 7.61. The SMILES string of the molecule is C[C@@H](CCC[C@@]1(C)OC(C)(C)O[C@@H]1CCC(=O)N1C(=O)O[C@H](c2ccccc2)[C@@H]1C)CO[Si](C)(C)C(C)(C)C. The maximum atomic E-state index is 13.2. The molecule has 3 rings (SSSR count). The minimum absolute atomic E-state index is 0.192. The van der Waals surface area contributed by atoms with Gasteiger partial charge in [-0.1, -0.05) is 64.4 Å². The topological polar surface area (TPSA) is 74.3 Å². The third-order valence-electron chi connectivity index (χ3n) is 8.78. The number of cyclic esters (lactones) is 1. The van der Waals surface area contributed by atoms with Crippen molar-refractivity contribution in [3.05, 3.63) is 35.9 Å². The molecule has 5 atom stereocenters. The van der Waals surface area contributed by atoms with E-state index in [1.165, 1.54) is 4.90 Å². The van der Waals surface area contributed by atoms with E-state index in [0.717, 1.165) is 31.4 Å². The van der Waals surface area contributed by atoms with Gasteiger partial charge in [-0.15, -0.1) is 0 Å². The zero-order chi connectivity index (χ0) is 29.2. The van der Waals surface area contributed by atoms with Gasteiger partial charge in [-0.3, -0.25) is 4.79 Å². The Bertz CT molecular complexity index is 991. The van der Waals surface area contributed by atoms with Crippen molar-refractivity contribution in [1.29, 1.82) is 0 Å². The molecule has 8 heteroatoms. The largest absolute Gasteiger partial charge is 0.439 e. The van der Waals surface area contributed by atoms with E-state index in [1.807, 2.05) is 51.1 Å². The second kappa shape index (κ2) is 12.0. The number of rotatable bonds is 11. The maximum absolute atomic E-state index is 13.2. The average Bonchev–Trinajstić information content (AvgIpc) is 3.26. The van der Waals surface area contributed by atoms with Crippen molar-refractivity contribution in [2.24, 2.45) is 5.92 Å². The van der Waals surface area contributed by atoms with E-state index >= 15 is 0 Å². The van der Waals surface area contributed by atoms with Crippen LogP contribution in [0.3, 0.4) is 0 Å². The van der Waals surface area contributed by atoms with Crippen LogP contribution in [0.4, 0.5) is 4.79 Å². The van der Waals surface area contributed by atoms with Crippen molar-refractivity contribution in [3.63, 3.8) is 0 Å². The first kappa shape index (κ1) is 31.8. The van der Waals surface area contributed by atoms with Crippen LogP contribution in [-0.2, 0) is 23.4 Å². The van der Waals surface area contributed by atoms with Gasteiger partial charge in [-0.05, 0) is 76.6 Å². The van der Waals surface area contributed by atoms with Crippen LogP contribution in [0, 0.1) is 5.92 Å². The zero-order valence-electron chi connectivity index (χ0n) is 25.8. The van der Waals surface area contributed by atoms with Gasteiger partial charge in [0.1, 0.15) is 6.10 Å². The van der Waals surface area contributed by atoms with E-state index in [2.05, 4.69) is 47.7 Å². The van der Waals surface area contributed by atoms with Crippen molar-refractivity contribution in [3.8, 4) is 0 Å². The van der Waals surface area contributed by atoms with Crippen LogP contribution in [0.15, 0.2) is 30.3 Å². The molecular weight excluding hydrogens is 510 g/mol. The van der Waals surface area contributed by atoms with Crippen molar-refractivity contribution in [2.45, 2.75) is 135 Å². The molecule has 0 N–H and O–H groups in total. The van der Waals surface area contributed by atoms with Crippen LogP contribution in [-0.4, -0.2) is 55.4 Å². The van der Waals surface area contributed by atoms with Gasteiger partial charge in [0.25, 0.3) is 0 Å². The highest BCUT2D eigenvalue weighted by Gasteiger charge is 2.50. The maximum Gasteiger partial charge on any atom is 0.417 e. The molecule has 2 amide bonds. The molecule has 7 nitrogen and oxygen atoms in total. The average molecular weight is 562 g/mol. The number of carbonyl (C=O) groups excluding carboxylic acids is 2. The Morgan fingerprint density at radius 1 is 1.15 bits per heavy atom. The lowest BCUT2D eigenvalue weighted by atomic mass is 9.88. The van der Waals surface area contributed by atoms with Gasteiger partial charge in [-0.2, -0.15) is 0 Å². The Labute approximate surface area is 237 Å². The zero-order valence-corrected chi connectivity index (χ0v) is 26.8. The summed E-state index contributed by atoms with van der Waals surface area (Å²) >= 11 is 0.